The summed E-state index contributed by atoms with van der Waals surface area (Å²) < 4.78 is 5.77. The van der Waals surface area contributed by atoms with Gasteiger partial charge in [0.15, 0.2) is 0 Å². The first kappa shape index (κ1) is 27.4. The van der Waals surface area contributed by atoms with Crippen molar-refractivity contribution in [2.24, 2.45) is 0 Å². The Hall–Kier alpha value is -4.17. The molecule has 1 heterocycles. The molecule has 0 radical (unpaired) electrons. The number of hydrogen-bond acceptors (Lipinski definition) is 5. The van der Waals surface area contributed by atoms with E-state index >= 15 is 0 Å². The van der Waals surface area contributed by atoms with Crippen molar-refractivity contribution in [3.05, 3.63) is 95.6 Å². The van der Waals surface area contributed by atoms with E-state index in [0.29, 0.717) is 32.4 Å². The highest BCUT2D eigenvalue weighted by Crippen LogP contribution is 2.44. The number of carboxylic acids is 1. The zero-order chi connectivity index (χ0) is 28.1. The summed E-state index contributed by atoms with van der Waals surface area (Å²) in [7, 11) is 0. The van der Waals surface area contributed by atoms with Gasteiger partial charge in [0.1, 0.15) is 18.2 Å². The molecular formula is C32H35N3O5. The van der Waals surface area contributed by atoms with Gasteiger partial charge in [0.2, 0.25) is 5.91 Å². The number of likely N-dealkylation sites (tertiary alicyclic amines) is 1. The number of carbonyl (C=O) groups excluding carboxylic acids is 2. The molecule has 2 aliphatic rings. The average Bonchev–Trinajstić information content (AvgIpc) is 3.51. The predicted molar refractivity (Wildman–Crippen MR) is 152 cm³/mol. The number of rotatable bonds is 10. The fourth-order valence-electron chi connectivity index (χ4n) is 5.88. The van der Waals surface area contributed by atoms with Gasteiger partial charge in [-0.2, -0.15) is 0 Å². The van der Waals surface area contributed by atoms with Crippen LogP contribution in [0, 0.1) is 0 Å². The fourth-order valence-corrected chi connectivity index (χ4v) is 5.88. The molecule has 5 rings (SSSR count). The monoisotopic (exact) mass is 541 g/mol. The van der Waals surface area contributed by atoms with Gasteiger partial charge in [0.05, 0.1) is 0 Å². The Balaban J connectivity index is 1.31. The maximum Gasteiger partial charge on any atom is 0.408 e. The molecule has 2 amide bonds. The van der Waals surface area contributed by atoms with Crippen LogP contribution in [0.25, 0.3) is 11.1 Å². The van der Waals surface area contributed by atoms with Crippen LogP contribution in [0.15, 0.2) is 78.9 Å². The second kappa shape index (κ2) is 11.9. The molecular weight excluding hydrogens is 506 g/mol. The van der Waals surface area contributed by atoms with Crippen LogP contribution in [0.2, 0.25) is 0 Å². The smallest absolute Gasteiger partial charge is 0.408 e. The third-order valence-corrected chi connectivity index (χ3v) is 7.90. The quantitative estimate of drug-likeness (QED) is 0.348. The number of carboxylic acid groups (broad SMARTS) is 1. The van der Waals surface area contributed by atoms with Gasteiger partial charge < -0.3 is 20.5 Å². The number of amides is 2. The van der Waals surface area contributed by atoms with Crippen LogP contribution >= 0.6 is 0 Å². The standard InChI is InChI=1S/C32H35N3O5/c1-2-10-28(29(36)37)33-30(38)32(17-18-35(21-32)19-22-11-4-3-5-12-22)34-31(39)40-20-27-25-15-8-6-13-23(25)24-14-7-9-16-26(24)27/h3-9,11-16,27-28H,2,10,17-21H2,1H3,(H,33,38)(H,34,39)(H,36,37). The summed E-state index contributed by atoms with van der Waals surface area (Å²) in [6, 6.07) is 25.1. The Morgan fingerprint density at radius 3 is 2.23 bits per heavy atom. The summed E-state index contributed by atoms with van der Waals surface area (Å²) in [4.78, 5) is 40.7. The molecule has 0 saturated carbocycles. The van der Waals surface area contributed by atoms with Crippen molar-refractivity contribution < 1.29 is 24.2 Å². The second-order valence-corrected chi connectivity index (χ2v) is 10.6. The molecule has 1 fully saturated rings. The Morgan fingerprint density at radius 1 is 0.975 bits per heavy atom. The molecule has 1 aliphatic carbocycles. The number of benzene rings is 3. The zero-order valence-electron chi connectivity index (χ0n) is 22.6. The zero-order valence-corrected chi connectivity index (χ0v) is 22.6. The van der Waals surface area contributed by atoms with Crippen LogP contribution in [0.1, 0.15) is 48.8 Å². The number of alkyl carbamates (subject to hydrolysis) is 1. The molecule has 2 atom stereocenters. The lowest BCUT2D eigenvalue weighted by Crippen LogP contribution is -2.62. The van der Waals surface area contributed by atoms with E-state index in [2.05, 4.69) is 39.8 Å². The summed E-state index contributed by atoms with van der Waals surface area (Å²) in [6.07, 6.45) is 0.551. The summed E-state index contributed by atoms with van der Waals surface area (Å²) in [5.41, 5.74) is 4.25. The van der Waals surface area contributed by atoms with Crippen LogP contribution in [0.3, 0.4) is 0 Å². The largest absolute Gasteiger partial charge is 0.480 e. The van der Waals surface area contributed by atoms with Crippen molar-refractivity contribution in [2.45, 2.75) is 50.2 Å². The Kier molecular flexibility index (Phi) is 8.16. The number of ether oxygens (including phenoxy) is 1. The summed E-state index contributed by atoms with van der Waals surface area (Å²) >= 11 is 0. The average molecular weight is 542 g/mol. The van der Waals surface area contributed by atoms with E-state index in [4.69, 9.17) is 4.74 Å². The molecule has 40 heavy (non-hydrogen) atoms. The second-order valence-electron chi connectivity index (χ2n) is 10.6. The van der Waals surface area contributed by atoms with Crippen molar-refractivity contribution >= 4 is 18.0 Å². The number of nitrogens with zero attached hydrogens (tertiary/aromatic N) is 1. The molecule has 208 valence electrons. The molecule has 2 unspecified atom stereocenters. The van der Waals surface area contributed by atoms with Crippen LogP contribution in [-0.4, -0.2) is 59.3 Å². The summed E-state index contributed by atoms with van der Waals surface area (Å²) in [5, 5.41) is 15.2. The molecule has 8 heteroatoms. The molecule has 3 N–H and O–H groups in total. The maximum absolute atomic E-state index is 13.6. The number of carbonyl (C=O) groups is 3. The third-order valence-electron chi connectivity index (χ3n) is 7.90. The predicted octanol–water partition coefficient (Wildman–Crippen LogP) is 4.54. The lowest BCUT2D eigenvalue weighted by atomic mass is 9.96. The number of nitrogens with one attached hydrogen (secondary N) is 2. The van der Waals surface area contributed by atoms with Gasteiger partial charge in [-0.05, 0) is 40.7 Å². The minimum Gasteiger partial charge on any atom is -0.480 e. The first-order valence-corrected chi connectivity index (χ1v) is 13.8. The normalized spacial score (nSPS) is 18.9. The van der Waals surface area contributed by atoms with Gasteiger partial charge in [0.25, 0.3) is 0 Å². The van der Waals surface area contributed by atoms with Crippen molar-refractivity contribution in [3.8, 4) is 11.1 Å². The van der Waals surface area contributed by atoms with Gasteiger partial charge >= 0.3 is 12.1 Å². The van der Waals surface area contributed by atoms with Gasteiger partial charge in [-0.15, -0.1) is 0 Å². The van der Waals surface area contributed by atoms with E-state index in [1.54, 1.807) is 0 Å². The number of hydrogen-bond donors (Lipinski definition) is 3. The molecule has 1 aliphatic heterocycles. The summed E-state index contributed by atoms with van der Waals surface area (Å²) in [6.45, 7) is 3.41. The van der Waals surface area contributed by atoms with Crippen molar-refractivity contribution in [2.75, 3.05) is 19.7 Å². The number of aliphatic carboxylic acids is 1. The summed E-state index contributed by atoms with van der Waals surface area (Å²) in [5.74, 6) is -1.70. The van der Waals surface area contributed by atoms with Crippen LogP contribution in [0.5, 0.6) is 0 Å². The molecule has 0 bridgehead atoms. The maximum atomic E-state index is 13.6. The van der Waals surface area contributed by atoms with Crippen LogP contribution < -0.4 is 10.6 Å². The minimum atomic E-state index is -1.31. The Morgan fingerprint density at radius 2 is 1.60 bits per heavy atom. The number of fused-ring (bicyclic) bond motifs is 3. The Labute approximate surface area is 234 Å². The van der Waals surface area contributed by atoms with Crippen LogP contribution in [-0.2, 0) is 20.9 Å². The van der Waals surface area contributed by atoms with E-state index in [-0.39, 0.29) is 19.1 Å². The highest BCUT2D eigenvalue weighted by atomic mass is 16.5. The molecule has 3 aromatic carbocycles. The molecule has 3 aromatic rings. The lowest BCUT2D eigenvalue weighted by molar-refractivity contribution is -0.143. The Bertz CT molecular complexity index is 1330. The minimum absolute atomic E-state index is 0.109. The SMILES string of the molecule is CCCC(NC(=O)C1(NC(=O)OCC2c3ccccc3-c3ccccc32)CCN(Cc2ccccc2)C1)C(=O)O. The topological polar surface area (TPSA) is 108 Å². The van der Waals surface area contributed by atoms with Gasteiger partial charge in [-0.25, -0.2) is 9.59 Å². The van der Waals surface area contributed by atoms with E-state index in [1.165, 1.54) is 0 Å². The van der Waals surface area contributed by atoms with Crippen LogP contribution in [0.4, 0.5) is 4.79 Å². The van der Waals surface area contributed by atoms with Crippen molar-refractivity contribution in [1.82, 2.24) is 15.5 Å². The van der Waals surface area contributed by atoms with E-state index < -0.39 is 29.6 Å². The fraction of sp³-hybridized carbons (Fsp3) is 0.344. The van der Waals surface area contributed by atoms with Gasteiger partial charge in [-0.3, -0.25) is 9.69 Å². The van der Waals surface area contributed by atoms with Crippen molar-refractivity contribution in [3.63, 3.8) is 0 Å². The molecule has 8 nitrogen and oxygen atoms in total. The molecule has 1 saturated heterocycles. The molecule has 0 spiro atoms. The third kappa shape index (κ3) is 5.72. The van der Waals surface area contributed by atoms with E-state index in [9.17, 15) is 19.5 Å². The molecule has 0 aromatic heterocycles. The highest BCUT2D eigenvalue weighted by molar-refractivity contribution is 5.93. The first-order valence-electron chi connectivity index (χ1n) is 13.8. The van der Waals surface area contributed by atoms with Gasteiger partial charge in [0, 0.05) is 25.6 Å². The lowest BCUT2D eigenvalue weighted by Gasteiger charge is -2.30. The highest BCUT2D eigenvalue weighted by Gasteiger charge is 2.47. The van der Waals surface area contributed by atoms with E-state index in [1.807, 2.05) is 61.5 Å². The first-order chi connectivity index (χ1) is 19.4. The van der Waals surface area contributed by atoms with Crippen molar-refractivity contribution in [1.29, 1.82) is 0 Å². The van der Waals surface area contributed by atoms with Gasteiger partial charge in [-0.1, -0.05) is 92.2 Å². The van der Waals surface area contributed by atoms with E-state index in [0.717, 1.165) is 27.8 Å².